The first kappa shape index (κ1) is 27.5. The Morgan fingerprint density at radius 1 is 0.327 bits per heavy atom. The Balaban J connectivity index is 1.14. The molecule has 0 saturated heterocycles. The normalized spacial score (nSPS) is 11.7. The average molecular weight is 625 g/mol. The number of hydrogen-bond acceptors (Lipinski definition) is 3. The molecule has 0 aliphatic rings. The monoisotopic (exact) mass is 624 g/mol. The lowest BCUT2D eigenvalue weighted by Crippen LogP contribution is -1.95. The molecule has 0 unspecified atom stereocenters. The van der Waals surface area contributed by atoms with Gasteiger partial charge in [0.1, 0.15) is 11.2 Å². The van der Waals surface area contributed by atoms with Crippen LogP contribution in [0.1, 0.15) is 0 Å². The third-order valence-corrected chi connectivity index (χ3v) is 9.67. The Bertz CT molecular complexity index is 2770. The molecule has 0 N–H and O–H groups in total. The maximum Gasteiger partial charge on any atom is 0.160 e. The fourth-order valence-corrected chi connectivity index (χ4v) is 7.37. The quantitative estimate of drug-likeness (QED) is 0.183. The summed E-state index contributed by atoms with van der Waals surface area (Å²) in [5.41, 5.74) is 8.83. The Morgan fingerprint density at radius 2 is 0.878 bits per heavy atom. The van der Waals surface area contributed by atoms with E-state index in [4.69, 9.17) is 14.4 Å². The van der Waals surface area contributed by atoms with E-state index in [0.717, 1.165) is 55.6 Å². The second kappa shape index (κ2) is 11.0. The largest absolute Gasteiger partial charge is 0.456 e. The van der Waals surface area contributed by atoms with Crippen LogP contribution in [0.3, 0.4) is 0 Å². The number of hydrogen-bond donors (Lipinski definition) is 0. The lowest BCUT2D eigenvalue weighted by molar-refractivity contribution is 0.669. The van der Waals surface area contributed by atoms with Crippen LogP contribution in [-0.4, -0.2) is 9.97 Å². The highest BCUT2D eigenvalue weighted by Gasteiger charge is 2.16. The van der Waals surface area contributed by atoms with E-state index < -0.39 is 0 Å². The van der Waals surface area contributed by atoms with Crippen molar-refractivity contribution in [3.05, 3.63) is 170 Å². The molecule has 8 aromatic carbocycles. The van der Waals surface area contributed by atoms with Crippen molar-refractivity contribution in [2.24, 2.45) is 0 Å². The minimum Gasteiger partial charge on any atom is -0.456 e. The van der Waals surface area contributed by atoms with Crippen molar-refractivity contribution in [2.75, 3.05) is 0 Å². The van der Waals surface area contributed by atoms with Crippen LogP contribution >= 0.6 is 0 Å². The van der Waals surface area contributed by atoms with Gasteiger partial charge in [-0.1, -0.05) is 140 Å². The molecule has 0 spiro atoms. The second-order valence-corrected chi connectivity index (χ2v) is 12.5. The molecule has 10 rings (SSSR count). The smallest absolute Gasteiger partial charge is 0.160 e. The first-order valence-corrected chi connectivity index (χ1v) is 16.6. The van der Waals surface area contributed by atoms with Gasteiger partial charge in [0.2, 0.25) is 0 Å². The SMILES string of the molecule is c1ccc(-c2cc(-c3ccccc3)nc(-c3ccc4c(c3)oc3ccc(-c5cccc6c7ccccc7c7ccccc7c56)cc34)n2)cc1. The molecule has 0 bridgehead atoms. The fraction of sp³-hybridized carbons (Fsp3) is 0. The van der Waals surface area contributed by atoms with Crippen molar-refractivity contribution >= 4 is 54.3 Å². The van der Waals surface area contributed by atoms with Crippen molar-refractivity contribution in [3.8, 4) is 45.0 Å². The summed E-state index contributed by atoms with van der Waals surface area (Å²) in [5, 5.41) is 9.79. The van der Waals surface area contributed by atoms with E-state index in [2.05, 4.69) is 133 Å². The van der Waals surface area contributed by atoms with Gasteiger partial charge in [0.25, 0.3) is 0 Å². The maximum absolute atomic E-state index is 6.50. The topological polar surface area (TPSA) is 38.9 Å². The minimum absolute atomic E-state index is 0.665. The predicted octanol–water partition coefficient (Wildman–Crippen LogP) is 12.5. The van der Waals surface area contributed by atoms with Crippen molar-refractivity contribution in [1.29, 1.82) is 0 Å². The maximum atomic E-state index is 6.50. The van der Waals surface area contributed by atoms with Gasteiger partial charge in [0.05, 0.1) is 11.4 Å². The number of aromatic nitrogens is 2. The predicted molar refractivity (Wildman–Crippen MR) is 204 cm³/mol. The highest BCUT2D eigenvalue weighted by Crippen LogP contribution is 2.42. The summed E-state index contributed by atoms with van der Waals surface area (Å²) in [6.07, 6.45) is 0. The number of benzene rings is 8. The van der Waals surface area contributed by atoms with Gasteiger partial charge >= 0.3 is 0 Å². The van der Waals surface area contributed by atoms with Gasteiger partial charge in [0, 0.05) is 27.5 Å². The third-order valence-electron chi connectivity index (χ3n) is 9.67. The molecule has 228 valence electrons. The number of furan rings is 1. The molecule has 0 aliphatic heterocycles. The van der Waals surface area contributed by atoms with Crippen LogP contribution in [0.4, 0.5) is 0 Å². The number of rotatable bonds is 4. The first-order chi connectivity index (χ1) is 24.3. The summed E-state index contributed by atoms with van der Waals surface area (Å²) >= 11 is 0. The van der Waals surface area contributed by atoms with Gasteiger partial charge in [-0.15, -0.1) is 0 Å². The molecule has 0 aliphatic carbocycles. The van der Waals surface area contributed by atoms with E-state index in [1.54, 1.807) is 0 Å². The minimum atomic E-state index is 0.665. The summed E-state index contributed by atoms with van der Waals surface area (Å²) < 4.78 is 6.50. The molecule has 2 aromatic heterocycles. The molecule has 0 saturated carbocycles. The molecule has 3 nitrogen and oxygen atoms in total. The third kappa shape index (κ3) is 4.51. The highest BCUT2D eigenvalue weighted by molar-refractivity contribution is 6.28. The van der Waals surface area contributed by atoms with Crippen LogP contribution in [0.15, 0.2) is 174 Å². The van der Waals surface area contributed by atoms with Crippen molar-refractivity contribution in [2.45, 2.75) is 0 Å². The summed E-state index contributed by atoms with van der Waals surface area (Å²) in [6.45, 7) is 0. The van der Waals surface area contributed by atoms with Crippen LogP contribution in [-0.2, 0) is 0 Å². The molecule has 10 aromatic rings. The zero-order chi connectivity index (χ0) is 32.3. The zero-order valence-corrected chi connectivity index (χ0v) is 26.5. The molecular formula is C46H28N2O. The highest BCUT2D eigenvalue weighted by atomic mass is 16.3. The first-order valence-electron chi connectivity index (χ1n) is 16.6. The van der Waals surface area contributed by atoms with Crippen molar-refractivity contribution in [3.63, 3.8) is 0 Å². The number of nitrogens with zero attached hydrogens (tertiary/aromatic N) is 2. The Hall–Kier alpha value is -6.58. The molecule has 3 heteroatoms. The van der Waals surface area contributed by atoms with Gasteiger partial charge in [-0.05, 0) is 73.8 Å². The van der Waals surface area contributed by atoms with Crippen LogP contribution < -0.4 is 0 Å². The lowest BCUT2D eigenvalue weighted by atomic mass is 9.89. The van der Waals surface area contributed by atoms with Gasteiger partial charge in [0.15, 0.2) is 5.82 Å². The van der Waals surface area contributed by atoms with E-state index >= 15 is 0 Å². The van der Waals surface area contributed by atoms with E-state index in [-0.39, 0.29) is 0 Å². The standard InChI is InChI=1S/C46H28N2O/c1-3-12-29(13-4-1)41-28-42(30-14-5-2-6-15-30)48-46(47-41)32-22-24-37-40-26-31(23-25-43(40)49-44(37)27-32)33-20-11-21-39-36-17-8-7-16-34(36)35-18-9-10-19-38(35)45(33)39/h1-28H. The van der Waals surface area contributed by atoms with E-state index in [1.165, 1.54) is 37.9 Å². The molecule has 0 atom stereocenters. The average Bonchev–Trinajstić information content (AvgIpc) is 3.55. The van der Waals surface area contributed by atoms with Crippen LogP contribution in [0.5, 0.6) is 0 Å². The van der Waals surface area contributed by atoms with E-state index in [0.29, 0.717) is 5.82 Å². The fourth-order valence-electron chi connectivity index (χ4n) is 7.37. The van der Waals surface area contributed by atoms with Gasteiger partial charge in [-0.25, -0.2) is 9.97 Å². The van der Waals surface area contributed by atoms with Gasteiger partial charge < -0.3 is 4.42 Å². The van der Waals surface area contributed by atoms with Crippen molar-refractivity contribution in [1.82, 2.24) is 9.97 Å². The molecule has 2 heterocycles. The van der Waals surface area contributed by atoms with Crippen LogP contribution in [0.25, 0.3) is 99.3 Å². The van der Waals surface area contributed by atoms with Gasteiger partial charge in [-0.2, -0.15) is 0 Å². The van der Waals surface area contributed by atoms with Crippen molar-refractivity contribution < 1.29 is 4.42 Å². The number of fused-ring (bicyclic) bond motifs is 9. The summed E-state index contributed by atoms with van der Waals surface area (Å²) in [6, 6.07) is 59.7. The summed E-state index contributed by atoms with van der Waals surface area (Å²) in [7, 11) is 0. The Labute approximate surface area is 282 Å². The lowest BCUT2D eigenvalue weighted by Gasteiger charge is -2.14. The molecule has 49 heavy (non-hydrogen) atoms. The summed E-state index contributed by atoms with van der Waals surface area (Å²) in [5.74, 6) is 0.665. The van der Waals surface area contributed by atoms with E-state index in [9.17, 15) is 0 Å². The zero-order valence-electron chi connectivity index (χ0n) is 26.5. The molecule has 0 amide bonds. The van der Waals surface area contributed by atoms with Crippen LogP contribution in [0, 0.1) is 0 Å². The molecule has 0 fully saturated rings. The molecule has 0 radical (unpaired) electrons. The summed E-state index contributed by atoms with van der Waals surface area (Å²) in [4.78, 5) is 10.1. The second-order valence-electron chi connectivity index (χ2n) is 12.5. The Morgan fingerprint density at radius 3 is 1.53 bits per heavy atom. The van der Waals surface area contributed by atoms with E-state index in [1.807, 2.05) is 36.4 Å². The van der Waals surface area contributed by atoms with Gasteiger partial charge in [-0.3, -0.25) is 0 Å². The Kier molecular flexibility index (Phi) is 6.18. The molecular weight excluding hydrogens is 597 g/mol. The van der Waals surface area contributed by atoms with Crippen LogP contribution in [0.2, 0.25) is 0 Å².